The van der Waals surface area contributed by atoms with Gasteiger partial charge in [-0.05, 0) is 50.2 Å². The van der Waals surface area contributed by atoms with Crippen LogP contribution in [0, 0.1) is 11.8 Å². The van der Waals surface area contributed by atoms with Crippen molar-refractivity contribution in [1.29, 1.82) is 0 Å². The number of nitrogen functional groups attached to an aromatic ring is 1. The second-order valence-electron chi connectivity index (χ2n) is 8.66. The first kappa shape index (κ1) is 22.8. The molecule has 0 aliphatic heterocycles. The molecule has 2 fully saturated rings. The average Bonchev–Trinajstić information content (AvgIpc) is 3.07. The highest BCUT2D eigenvalue weighted by Crippen LogP contribution is 2.63. The molecule has 3 unspecified atom stereocenters. The van der Waals surface area contributed by atoms with Crippen molar-refractivity contribution in [3.63, 3.8) is 0 Å². The monoisotopic (exact) mass is 459 g/mol. The predicted octanol–water partition coefficient (Wildman–Crippen LogP) is 4.74. The first-order valence-corrected chi connectivity index (χ1v) is 10.7. The molecule has 0 bridgehead atoms. The lowest BCUT2D eigenvalue weighted by atomic mass is 10.0. The highest BCUT2D eigenvalue weighted by atomic mass is 19.4. The molecule has 2 aromatic rings. The van der Waals surface area contributed by atoms with Crippen LogP contribution in [0.5, 0.6) is 5.75 Å². The Hall–Kier alpha value is -2.43. The van der Waals surface area contributed by atoms with Gasteiger partial charge in [-0.3, -0.25) is 4.68 Å². The zero-order valence-corrected chi connectivity index (χ0v) is 17.7. The SMILES string of the molecule is CCC(C)n1nc(-c2cnc(N)c(OC(F)F)c2)cc1C1C2CC(NCC(F)(F)F)CC21. The molecule has 11 heteroatoms. The Morgan fingerprint density at radius 3 is 2.53 bits per heavy atom. The molecule has 32 heavy (non-hydrogen) atoms. The van der Waals surface area contributed by atoms with Crippen LogP contribution in [0.4, 0.5) is 27.8 Å². The standard InChI is InChI=1S/C21H26F5N5O/c1-3-10(2)31-16(18-13-5-12(6-14(13)18)29-9-21(24,25)26)7-15(30-31)11-4-17(32-20(22)23)19(27)28-8-11/h4,7-8,10,12-14,18,20,29H,3,5-6,9H2,1-2H3,(H2,27,28). The molecule has 2 saturated carbocycles. The fourth-order valence-electron chi connectivity index (χ4n) is 4.82. The van der Waals surface area contributed by atoms with E-state index in [9.17, 15) is 22.0 Å². The van der Waals surface area contributed by atoms with E-state index in [1.165, 1.54) is 12.3 Å². The van der Waals surface area contributed by atoms with E-state index in [0.717, 1.165) is 12.1 Å². The number of anilines is 1. The van der Waals surface area contributed by atoms with Crippen LogP contribution in [-0.4, -0.2) is 40.1 Å². The number of hydrogen-bond acceptors (Lipinski definition) is 5. The smallest absolute Gasteiger partial charge is 0.401 e. The number of hydrogen-bond donors (Lipinski definition) is 2. The third-order valence-electron chi connectivity index (χ3n) is 6.54. The Labute approximate surface area is 182 Å². The van der Waals surface area contributed by atoms with Gasteiger partial charge in [0.1, 0.15) is 0 Å². The predicted molar refractivity (Wildman–Crippen MR) is 108 cm³/mol. The first-order valence-electron chi connectivity index (χ1n) is 10.7. The lowest BCUT2D eigenvalue weighted by molar-refractivity contribution is -0.126. The number of nitrogens with one attached hydrogen (secondary N) is 1. The highest BCUT2D eigenvalue weighted by Gasteiger charge is 2.58. The molecule has 0 saturated heterocycles. The van der Waals surface area contributed by atoms with Crippen molar-refractivity contribution in [2.75, 3.05) is 12.3 Å². The van der Waals surface area contributed by atoms with Gasteiger partial charge in [0, 0.05) is 35.5 Å². The van der Waals surface area contributed by atoms with E-state index in [4.69, 9.17) is 10.8 Å². The number of nitrogens with two attached hydrogens (primary N) is 1. The van der Waals surface area contributed by atoms with Gasteiger partial charge in [-0.1, -0.05) is 6.92 Å². The summed E-state index contributed by atoms with van der Waals surface area (Å²) < 4.78 is 69.2. The topological polar surface area (TPSA) is 78.0 Å². The molecular weight excluding hydrogens is 433 g/mol. The molecule has 4 rings (SSSR count). The number of halogens is 5. The second kappa shape index (κ2) is 8.49. The third kappa shape index (κ3) is 4.67. The summed E-state index contributed by atoms with van der Waals surface area (Å²) in [7, 11) is 0. The maximum Gasteiger partial charge on any atom is 0.401 e. The van der Waals surface area contributed by atoms with Crippen LogP contribution in [0.15, 0.2) is 18.3 Å². The molecule has 2 heterocycles. The van der Waals surface area contributed by atoms with Crippen molar-refractivity contribution in [1.82, 2.24) is 20.1 Å². The summed E-state index contributed by atoms with van der Waals surface area (Å²) in [6, 6.07) is 3.30. The number of fused-ring (bicyclic) bond motifs is 1. The maximum absolute atomic E-state index is 12.7. The molecule has 0 amide bonds. The van der Waals surface area contributed by atoms with Crippen LogP contribution in [0.3, 0.4) is 0 Å². The van der Waals surface area contributed by atoms with Crippen LogP contribution in [0.2, 0.25) is 0 Å². The normalized spacial score (nSPS) is 25.8. The minimum atomic E-state index is -4.21. The lowest BCUT2D eigenvalue weighted by Crippen LogP contribution is -2.36. The Balaban J connectivity index is 1.54. The molecule has 6 nitrogen and oxygen atoms in total. The van der Waals surface area contributed by atoms with Crippen LogP contribution >= 0.6 is 0 Å². The Morgan fingerprint density at radius 2 is 1.94 bits per heavy atom. The van der Waals surface area contributed by atoms with Gasteiger partial charge in [-0.25, -0.2) is 4.98 Å². The molecule has 2 aliphatic rings. The molecule has 2 aromatic heterocycles. The fourth-order valence-corrected chi connectivity index (χ4v) is 4.82. The highest BCUT2D eigenvalue weighted by molar-refractivity contribution is 5.64. The second-order valence-corrected chi connectivity index (χ2v) is 8.66. The van der Waals surface area contributed by atoms with Gasteiger partial charge in [-0.15, -0.1) is 0 Å². The summed E-state index contributed by atoms with van der Waals surface area (Å²) in [4.78, 5) is 3.95. The first-order chi connectivity index (χ1) is 15.1. The Morgan fingerprint density at radius 1 is 1.25 bits per heavy atom. The Bertz CT molecular complexity index is 951. The summed E-state index contributed by atoms with van der Waals surface area (Å²) in [6.45, 7) is 0.0926. The van der Waals surface area contributed by atoms with E-state index in [1.54, 1.807) is 0 Å². The van der Waals surface area contributed by atoms with Crippen LogP contribution < -0.4 is 15.8 Å². The molecule has 2 aliphatic carbocycles. The van der Waals surface area contributed by atoms with Crippen molar-refractivity contribution in [3.05, 3.63) is 24.0 Å². The van der Waals surface area contributed by atoms with Crippen LogP contribution in [0.1, 0.15) is 50.8 Å². The Kier molecular flexibility index (Phi) is 6.04. The van der Waals surface area contributed by atoms with Gasteiger partial charge in [0.05, 0.1) is 12.2 Å². The minimum Gasteiger partial charge on any atom is -0.431 e. The summed E-state index contributed by atoms with van der Waals surface area (Å²) in [5.41, 5.74) is 7.74. The average molecular weight is 459 g/mol. The third-order valence-corrected chi connectivity index (χ3v) is 6.54. The van der Waals surface area contributed by atoms with Gasteiger partial charge >= 0.3 is 12.8 Å². The van der Waals surface area contributed by atoms with Crippen molar-refractivity contribution in [2.45, 2.75) is 63.9 Å². The fraction of sp³-hybridized carbons (Fsp3) is 0.619. The van der Waals surface area contributed by atoms with Crippen LogP contribution in [-0.2, 0) is 0 Å². The number of aromatic nitrogens is 3. The van der Waals surface area contributed by atoms with Gasteiger partial charge in [-0.2, -0.15) is 27.1 Å². The summed E-state index contributed by atoms with van der Waals surface area (Å²) in [5.74, 6) is 0.516. The van der Waals surface area contributed by atoms with E-state index in [-0.39, 0.29) is 29.6 Å². The molecule has 3 N–H and O–H groups in total. The molecule has 3 atom stereocenters. The molecule has 0 radical (unpaired) electrons. The number of pyridine rings is 1. The number of rotatable bonds is 8. The minimum absolute atomic E-state index is 0.109. The van der Waals surface area contributed by atoms with Crippen molar-refractivity contribution < 1.29 is 26.7 Å². The van der Waals surface area contributed by atoms with E-state index in [0.29, 0.717) is 35.9 Å². The van der Waals surface area contributed by atoms with Crippen molar-refractivity contribution in [3.8, 4) is 17.0 Å². The van der Waals surface area contributed by atoms with Gasteiger partial charge in [0.2, 0.25) is 0 Å². The summed E-state index contributed by atoms with van der Waals surface area (Å²) >= 11 is 0. The molecular formula is C21H26F5N5O. The molecule has 0 aromatic carbocycles. The zero-order valence-electron chi connectivity index (χ0n) is 17.7. The van der Waals surface area contributed by atoms with Gasteiger partial charge in [0.15, 0.2) is 11.6 Å². The molecule has 176 valence electrons. The van der Waals surface area contributed by atoms with Gasteiger partial charge in [0.25, 0.3) is 0 Å². The summed E-state index contributed by atoms with van der Waals surface area (Å²) in [5, 5.41) is 7.32. The van der Waals surface area contributed by atoms with Crippen molar-refractivity contribution >= 4 is 5.82 Å². The number of ether oxygens (including phenoxy) is 1. The molecule has 0 spiro atoms. The zero-order chi connectivity index (χ0) is 23.2. The lowest BCUT2D eigenvalue weighted by Gasteiger charge is -2.19. The van der Waals surface area contributed by atoms with E-state index >= 15 is 0 Å². The van der Waals surface area contributed by atoms with Crippen LogP contribution in [0.25, 0.3) is 11.3 Å². The number of alkyl halides is 5. The largest absolute Gasteiger partial charge is 0.431 e. The summed E-state index contributed by atoms with van der Waals surface area (Å²) in [6.07, 6.45) is -0.516. The van der Waals surface area contributed by atoms with E-state index < -0.39 is 19.3 Å². The number of nitrogens with zero attached hydrogens (tertiary/aromatic N) is 3. The van der Waals surface area contributed by atoms with Gasteiger partial charge < -0.3 is 15.8 Å². The maximum atomic E-state index is 12.7. The van der Waals surface area contributed by atoms with E-state index in [2.05, 4.69) is 15.0 Å². The quantitative estimate of drug-likeness (QED) is 0.558. The van der Waals surface area contributed by atoms with E-state index in [1.807, 2.05) is 24.6 Å². The van der Waals surface area contributed by atoms with Crippen molar-refractivity contribution in [2.24, 2.45) is 11.8 Å².